The van der Waals surface area contributed by atoms with Crippen LogP contribution in [0.4, 0.5) is 0 Å². The van der Waals surface area contributed by atoms with Crippen LogP contribution in [0.1, 0.15) is 39.8 Å². The Morgan fingerprint density at radius 2 is 1.70 bits per heavy atom. The first-order valence-corrected chi connectivity index (χ1v) is 7.61. The molecule has 2 aromatic rings. The first-order chi connectivity index (χ1) is 9.86. The van der Waals surface area contributed by atoms with Gasteiger partial charge in [0.05, 0.1) is 12.3 Å². The monoisotopic (exact) mass is 274 g/mol. The van der Waals surface area contributed by atoms with E-state index in [0.29, 0.717) is 0 Å². The number of nitrogens with zero attached hydrogens (tertiary/aromatic N) is 2. The van der Waals surface area contributed by atoms with Crippen LogP contribution in [0.5, 0.6) is 6.01 Å². The molecule has 1 aromatic heterocycles. The van der Waals surface area contributed by atoms with Crippen LogP contribution < -0.4 is 4.74 Å². The van der Waals surface area contributed by atoms with Gasteiger partial charge >= 0.3 is 0 Å². The third kappa shape index (κ3) is 3.41. The summed E-state index contributed by atoms with van der Waals surface area (Å²) in [6, 6.07) is 11.0. The van der Waals surface area contributed by atoms with Crippen LogP contribution in [0.15, 0.2) is 30.3 Å². The molecule has 0 fully saturated rings. The Balaban J connectivity index is 0.000000461. The van der Waals surface area contributed by atoms with Crippen molar-refractivity contribution in [3.05, 3.63) is 36.0 Å². The largest absolute Gasteiger partial charge is 0.465 e. The van der Waals surface area contributed by atoms with Crippen molar-refractivity contribution in [3.8, 4) is 17.3 Å². The lowest BCUT2D eigenvalue weighted by Crippen LogP contribution is -2.14. The van der Waals surface area contributed by atoms with Crippen molar-refractivity contribution in [1.82, 2.24) is 9.55 Å². The molecule has 0 aliphatic carbocycles. The Morgan fingerprint density at radius 1 is 1.05 bits per heavy atom. The van der Waals surface area contributed by atoms with E-state index in [2.05, 4.69) is 28.6 Å². The van der Waals surface area contributed by atoms with Crippen LogP contribution in [0.2, 0.25) is 0 Å². The predicted molar refractivity (Wildman–Crippen MR) is 85.2 cm³/mol. The molecule has 0 atom stereocenters. The van der Waals surface area contributed by atoms with Gasteiger partial charge in [-0.3, -0.25) is 4.57 Å². The number of rotatable bonds is 1. The summed E-state index contributed by atoms with van der Waals surface area (Å²) in [5.74, 6) is 0. The lowest BCUT2D eigenvalue weighted by Gasteiger charge is -2.15. The van der Waals surface area contributed by atoms with Gasteiger partial charge in [0.2, 0.25) is 0 Å². The molecule has 3 rings (SSSR count). The summed E-state index contributed by atoms with van der Waals surface area (Å²) in [5.41, 5.74) is 3.39. The normalized spacial score (nSPS) is 12.1. The van der Waals surface area contributed by atoms with Crippen LogP contribution in [0.3, 0.4) is 0 Å². The maximum absolute atomic E-state index is 5.56. The van der Waals surface area contributed by atoms with Gasteiger partial charge in [-0.25, -0.2) is 0 Å². The maximum atomic E-state index is 5.56. The first kappa shape index (κ1) is 16.3. The first-order valence-electron chi connectivity index (χ1n) is 7.61. The van der Waals surface area contributed by atoms with Crippen molar-refractivity contribution in [1.29, 1.82) is 0 Å². The standard InChI is InChI=1S/C13H14N2O.2C2H6/c1-10-12(11-6-3-2-4-7-11)14-13-15(10)8-5-9-16-13;2*1-2/h2-4,6-7H,5,8-9H2,1H3;2*1-2H3. The van der Waals surface area contributed by atoms with E-state index >= 15 is 0 Å². The molecule has 2 heterocycles. The molecule has 0 amide bonds. The van der Waals surface area contributed by atoms with Gasteiger partial charge in [-0.05, 0) is 13.3 Å². The van der Waals surface area contributed by atoms with Crippen molar-refractivity contribution >= 4 is 0 Å². The van der Waals surface area contributed by atoms with Gasteiger partial charge in [-0.1, -0.05) is 58.0 Å². The van der Waals surface area contributed by atoms with Crippen molar-refractivity contribution in [3.63, 3.8) is 0 Å². The number of benzene rings is 1. The zero-order valence-corrected chi connectivity index (χ0v) is 13.3. The Hall–Kier alpha value is -1.77. The minimum absolute atomic E-state index is 0.766. The smallest absolute Gasteiger partial charge is 0.297 e. The number of ether oxygens (including phenoxy) is 1. The lowest BCUT2D eigenvalue weighted by atomic mass is 10.1. The Kier molecular flexibility index (Phi) is 6.85. The predicted octanol–water partition coefficient (Wildman–Crippen LogP) is 4.69. The topological polar surface area (TPSA) is 27.1 Å². The van der Waals surface area contributed by atoms with Crippen LogP contribution in [0, 0.1) is 6.92 Å². The molecular weight excluding hydrogens is 248 g/mol. The number of imidazole rings is 1. The molecule has 20 heavy (non-hydrogen) atoms. The molecule has 110 valence electrons. The summed E-state index contributed by atoms with van der Waals surface area (Å²) < 4.78 is 7.72. The summed E-state index contributed by atoms with van der Waals surface area (Å²) in [4.78, 5) is 4.56. The van der Waals surface area contributed by atoms with Crippen molar-refractivity contribution in [2.24, 2.45) is 0 Å². The van der Waals surface area contributed by atoms with Gasteiger partial charge in [0.1, 0.15) is 0 Å². The molecule has 3 nitrogen and oxygen atoms in total. The molecule has 0 radical (unpaired) electrons. The number of aromatic nitrogens is 2. The molecular formula is C17H26N2O. The van der Waals surface area contributed by atoms with E-state index in [0.717, 1.165) is 36.8 Å². The highest BCUT2D eigenvalue weighted by Gasteiger charge is 2.18. The van der Waals surface area contributed by atoms with Gasteiger partial charge in [0, 0.05) is 17.8 Å². The van der Waals surface area contributed by atoms with Crippen LogP contribution in [0.25, 0.3) is 11.3 Å². The van der Waals surface area contributed by atoms with Gasteiger partial charge in [0.15, 0.2) is 0 Å². The van der Waals surface area contributed by atoms with Gasteiger partial charge < -0.3 is 4.74 Å². The molecule has 0 bridgehead atoms. The second-order valence-electron chi connectivity index (χ2n) is 4.05. The fourth-order valence-electron chi connectivity index (χ4n) is 2.14. The Bertz CT molecular complexity index is 503. The highest BCUT2D eigenvalue weighted by Crippen LogP contribution is 2.28. The summed E-state index contributed by atoms with van der Waals surface area (Å²) in [6.45, 7) is 11.9. The summed E-state index contributed by atoms with van der Waals surface area (Å²) in [5, 5.41) is 0. The summed E-state index contributed by atoms with van der Waals surface area (Å²) >= 11 is 0. The molecule has 1 aliphatic rings. The van der Waals surface area contributed by atoms with Crippen molar-refractivity contribution in [2.75, 3.05) is 6.61 Å². The molecule has 0 unspecified atom stereocenters. The molecule has 0 saturated heterocycles. The average Bonchev–Trinajstić information content (AvgIpc) is 2.90. The van der Waals surface area contributed by atoms with E-state index in [-0.39, 0.29) is 0 Å². The fraction of sp³-hybridized carbons (Fsp3) is 0.471. The second-order valence-corrected chi connectivity index (χ2v) is 4.05. The number of hydrogen-bond acceptors (Lipinski definition) is 2. The van der Waals surface area contributed by atoms with E-state index in [9.17, 15) is 0 Å². The van der Waals surface area contributed by atoms with E-state index < -0.39 is 0 Å². The third-order valence-corrected chi connectivity index (χ3v) is 2.99. The maximum Gasteiger partial charge on any atom is 0.297 e. The van der Waals surface area contributed by atoms with E-state index in [1.54, 1.807) is 0 Å². The van der Waals surface area contributed by atoms with Crippen LogP contribution >= 0.6 is 0 Å². The third-order valence-electron chi connectivity index (χ3n) is 2.99. The lowest BCUT2D eigenvalue weighted by molar-refractivity contribution is 0.229. The summed E-state index contributed by atoms with van der Waals surface area (Å²) in [7, 11) is 0. The van der Waals surface area contributed by atoms with Crippen LogP contribution in [-0.4, -0.2) is 16.2 Å². The van der Waals surface area contributed by atoms with Gasteiger partial charge in [0.25, 0.3) is 6.01 Å². The SMILES string of the molecule is CC.CC.Cc1c(-c2ccccc2)nc2n1CCCO2. The second kappa shape index (κ2) is 8.41. The highest BCUT2D eigenvalue weighted by molar-refractivity contribution is 5.62. The molecule has 3 heteroatoms. The molecule has 0 saturated carbocycles. The van der Waals surface area contributed by atoms with Crippen molar-refractivity contribution < 1.29 is 4.74 Å². The quantitative estimate of drug-likeness (QED) is 0.754. The van der Waals surface area contributed by atoms with Crippen molar-refractivity contribution in [2.45, 2.75) is 47.6 Å². The number of fused-ring (bicyclic) bond motifs is 1. The Morgan fingerprint density at radius 3 is 2.30 bits per heavy atom. The zero-order valence-electron chi connectivity index (χ0n) is 13.3. The molecule has 0 N–H and O–H groups in total. The van der Waals surface area contributed by atoms with Crippen LogP contribution in [-0.2, 0) is 6.54 Å². The molecule has 1 aliphatic heterocycles. The van der Waals surface area contributed by atoms with E-state index in [1.807, 2.05) is 45.9 Å². The minimum Gasteiger partial charge on any atom is -0.465 e. The van der Waals surface area contributed by atoms with E-state index in [1.165, 1.54) is 5.69 Å². The van der Waals surface area contributed by atoms with Gasteiger partial charge in [-0.2, -0.15) is 4.98 Å². The Labute approximate surface area is 122 Å². The van der Waals surface area contributed by atoms with Gasteiger partial charge in [-0.15, -0.1) is 0 Å². The highest BCUT2D eigenvalue weighted by atomic mass is 16.5. The average molecular weight is 274 g/mol. The fourth-order valence-corrected chi connectivity index (χ4v) is 2.14. The molecule has 0 spiro atoms. The summed E-state index contributed by atoms with van der Waals surface area (Å²) in [6.07, 6.45) is 1.07. The minimum atomic E-state index is 0.766. The van der Waals surface area contributed by atoms with E-state index in [4.69, 9.17) is 4.74 Å². The molecule has 1 aromatic carbocycles. The number of hydrogen-bond donors (Lipinski definition) is 0. The zero-order chi connectivity index (χ0) is 15.0.